The molecule has 1 fully saturated rings. The Hall–Kier alpha value is -3.39. The number of ether oxygens (including phenoxy) is 2. The van der Waals surface area contributed by atoms with Crippen molar-refractivity contribution in [3.8, 4) is 11.5 Å². The molecule has 8 heteroatoms. The molecule has 1 aliphatic heterocycles. The van der Waals surface area contributed by atoms with Crippen LogP contribution in [0.4, 0.5) is 4.39 Å². The van der Waals surface area contributed by atoms with Crippen molar-refractivity contribution < 1.29 is 28.6 Å². The van der Waals surface area contributed by atoms with Gasteiger partial charge < -0.3 is 24.4 Å². The highest BCUT2D eigenvalue weighted by atomic mass is 19.1. The van der Waals surface area contributed by atoms with Crippen LogP contribution in [0.2, 0.25) is 0 Å². The molecule has 176 valence electrons. The molecule has 0 spiro atoms. The molecule has 0 saturated carbocycles. The first kappa shape index (κ1) is 24.3. The first-order chi connectivity index (χ1) is 15.9. The molecule has 1 atom stereocenters. The Morgan fingerprint density at radius 2 is 1.79 bits per heavy atom. The van der Waals surface area contributed by atoms with Gasteiger partial charge in [0.1, 0.15) is 23.1 Å². The molecule has 0 aliphatic carbocycles. The summed E-state index contributed by atoms with van der Waals surface area (Å²) in [5, 5.41) is 11.3. The second-order valence-corrected chi connectivity index (χ2v) is 7.61. The van der Waals surface area contributed by atoms with Gasteiger partial charge in [0.15, 0.2) is 0 Å². The van der Waals surface area contributed by atoms with Gasteiger partial charge in [0, 0.05) is 18.7 Å². The number of nitrogens with zero attached hydrogens (tertiary/aromatic N) is 2. The molecule has 1 amide bonds. The highest BCUT2D eigenvalue weighted by Crippen LogP contribution is 2.42. The number of carbonyl (C=O) groups is 2. The van der Waals surface area contributed by atoms with E-state index in [-0.39, 0.29) is 29.0 Å². The summed E-state index contributed by atoms with van der Waals surface area (Å²) in [7, 11) is 2.90. The Balaban J connectivity index is 2.19. The summed E-state index contributed by atoms with van der Waals surface area (Å²) in [6, 6.07) is 9.63. The fraction of sp³-hybridized carbons (Fsp3) is 0.360. The molecule has 1 heterocycles. The van der Waals surface area contributed by atoms with E-state index in [1.807, 2.05) is 13.8 Å². The highest BCUT2D eigenvalue weighted by molar-refractivity contribution is 6.46. The monoisotopic (exact) mass is 456 g/mol. The van der Waals surface area contributed by atoms with Crippen LogP contribution in [0.1, 0.15) is 31.0 Å². The number of likely N-dealkylation sites (tertiary alicyclic amines) is 1. The summed E-state index contributed by atoms with van der Waals surface area (Å²) in [6.07, 6.45) is 0. The number of hydrogen-bond donors (Lipinski definition) is 1. The van der Waals surface area contributed by atoms with Crippen molar-refractivity contribution in [3.05, 3.63) is 65.0 Å². The fourth-order valence-electron chi connectivity index (χ4n) is 4.06. The van der Waals surface area contributed by atoms with Gasteiger partial charge in [-0.3, -0.25) is 9.59 Å². The number of hydrogen-bond acceptors (Lipinski definition) is 6. The zero-order chi connectivity index (χ0) is 24.1. The molecule has 0 aromatic heterocycles. The van der Waals surface area contributed by atoms with Crippen LogP contribution in [-0.4, -0.2) is 67.0 Å². The minimum Gasteiger partial charge on any atom is -0.507 e. The van der Waals surface area contributed by atoms with E-state index in [2.05, 4.69) is 4.90 Å². The lowest BCUT2D eigenvalue weighted by Gasteiger charge is -2.28. The summed E-state index contributed by atoms with van der Waals surface area (Å²) < 4.78 is 25.5. The van der Waals surface area contributed by atoms with Gasteiger partial charge in [-0.25, -0.2) is 4.39 Å². The largest absolute Gasteiger partial charge is 0.507 e. The van der Waals surface area contributed by atoms with E-state index < -0.39 is 29.3 Å². The van der Waals surface area contributed by atoms with Crippen LogP contribution in [0.15, 0.2) is 48.0 Å². The van der Waals surface area contributed by atoms with Crippen LogP contribution in [0, 0.1) is 5.82 Å². The maximum absolute atomic E-state index is 14.9. The van der Waals surface area contributed by atoms with E-state index in [0.29, 0.717) is 12.3 Å². The number of aliphatic hydroxyl groups is 1. The summed E-state index contributed by atoms with van der Waals surface area (Å²) in [4.78, 5) is 29.6. The number of likely N-dealkylation sites (N-methyl/N-ethyl adjacent to an activating group) is 1. The van der Waals surface area contributed by atoms with Crippen molar-refractivity contribution in [2.24, 2.45) is 0 Å². The van der Waals surface area contributed by atoms with E-state index in [9.17, 15) is 19.1 Å². The average Bonchev–Trinajstić information content (AvgIpc) is 3.08. The van der Waals surface area contributed by atoms with Crippen molar-refractivity contribution in [2.45, 2.75) is 19.9 Å². The first-order valence-electron chi connectivity index (χ1n) is 10.8. The minimum atomic E-state index is -1.07. The molecule has 33 heavy (non-hydrogen) atoms. The standard InChI is InChI=1S/C25H29FN2O5/c1-5-27(6-2)13-14-28-22(17-9-7-8-10-19(17)26)21(24(30)25(28)31)23(29)18-15-16(32-3)11-12-20(18)33-4/h7-12,15,22,29H,5-6,13-14H2,1-4H3/b23-21+. The zero-order valence-corrected chi connectivity index (χ0v) is 19.3. The smallest absolute Gasteiger partial charge is 0.295 e. The molecule has 1 saturated heterocycles. The molecular weight excluding hydrogens is 427 g/mol. The lowest BCUT2D eigenvalue weighted by molar-refractivity contribution is -0.140. The number of rotatable bonds is 9. The van der Waals surface area contributed by atoms with Gasteiger partial charge in [0.25, 0.3) is 11.7 Å². The number of aliphatic hydroxyl groups excluding tert-OH is 1. The Morgan fingerprint density at radius 3 is 2.39 bits per heavy atom. The van der Waals surface area contributed by atoms with Gasteiger partial charge >= 0.3 is 0 Å². The lowest BCUT2D eigenvalue weighted by Crippen LogP contribution is -2.38. The number of amides is 1. The summed E-state index contributed by atoms with van der Waals surface area (Å²) >= 11 is 0. The van der Waals surface area contributed by atoms with E-state index in [0.717, 1.165) is 13.1 Å². The number of carbonyl (C=O) groups excluding carboxylic acids is 2. The third kappa shape index (κ3) is 4.71. The molecule has 2 aromatic carbocycles. The van der Waals surface area contributed by atoms with Crippen LogP contribution in [0.3, 0.4) is 0 Å². The molecule has 1 aliphatic rings. The van der Waals surface area contributed by atoms with Crippen molar-refractivity contribution in [2.75, 3.05) is 40.4 Å². The number of halogens is 1. The number of Topliss-reactive ketones (excluding diaryl/α,β-unsaturated/α-hetero) is 1. The predicted molar refractivity (Wildman–Crippen MR) is 123 cm³/mol. The van der Waals surface area contributed by atoms with Crippen molar-refractivity contribution >= 4 is 17.4 Å². The number of methoxy groups -OCH3 is 2. The van der Waals surface area contributed by atoms with Crippen LogP contribution in [-0.2, 0) is 9.59 Å². The number of ketones is 1. The van der Waals surface area contributed by atoms with Crippen LogP contribution in [0.5, 0.6) is 11.5 Å². The topological polar surface area (TPSA) is 79.3 Å². The van der Waals surface area contributed by atoms with Crippen molar-refractivity contribution in [1.82, 2.24) is 9.80 Å². The molecule has 1 N–H and O–H groups in total. The Labute approximate surface area is 193 Å². The Bertz CT molecular complexity index is 1060. The molecular formula is C25H29FN2O5. The second kappa shape index (κ2) is 10.5. The highest BCUT2D eigenvalue weighted by Gasteiger charge is 2.47. The van der Waals surface area contributed by atoms with Gasteiger partial charge in [-0.1, -0.05) is 32.0 Å². The molecule has 7 nitrogen and oxygen atoms in total. The quantitative estimate of drug-likeness (QED) is 0.353. The lowest BCUT2D eigenvalue weighted by atomic mass is 9.94. The first-order valence-corrected chi connectivity index (χ1v) is 10.8. The Kier molecular flexibility index (Phi) is 7.71. The fourth-order valence-corrected chi connectivity index (χ4v) is 4.06. The van der Waals surface area contributed by atoms with E-state index in [1.165, 1.54) is 43.4 Å². The summed E-state index contributed by atoms with van der Waals surface area (Å²) in [6.45, 7) is 6.25. The summed E-state index contributed by atoms with van der Waals surface area (Å²) in [5.74, 6) is -1.95. The second-order valence-electron chi connectivity index (χ2n) is 7.61. The molecule has 3 rings (SSSR count). The van der Waals surface area contributed by atoms with Gasteiger partial charge in [0.05, 0.1) is 31.4 Å². The maximum atomic E-state index is 14.9. The van der Waals surface area contributed by atoms with E-state index in [4.69, 9.17) is 9.47 Å². The predicted octanol–water partition coefficient (Wildman–Crippen LogP) is 3.61. The number of benzene rings is 2. The third-order valence-corrected chi connectivity index (χ3v) is 5.95. The van der Waals surface area contributed by atoms with E-state index >= 15 is 0 Å². The summed E-state index contributed by atoms with van der Waals surface area (Å²) in [5.41, 5.74) is 0.135. The average molecular weight is 457 g/mol. The maximum Gasteiger partial charge on any atom is 0.295 e. The molecule has 2 aromatic rings. The molecule has 1 unspecified atom stereocenters. The zero-order valence-electron chi connectivity index (χ0n) is 19.3. The SMILES string of the molecule is CCN(CC)CCN1C(=O)C(=O)/C(=C(/O)c2cc(OC)ccc2OC)C1c1ccccc1F. The van der Waals surface area contributed by atoms with Crippen molar-refractivity contribution in [1.29, 1.82) is 0 Å². The normalized spacial score (nSPS) is 17.6. The van der Waals surface area contributed by atoms with Gasteiger partial charge in [0.2, 0.25) is 0 Å². The van der Waals surface area contributed by atoms with Crippen LogP contribution in [0.25, 0.3) is 5.76 Å². The Morgan fingerprint density at radius 1 is 1.09 bits per heavy atom. The van der Waals surface area contributed by atoms with E-state index in [1.54, 1.807) is 18.2 Å². The van der Waals surface area contributed by atoms with Gasteiger partial charge in [-0.15, -0.1) is 0 Å². The van der Waals surface area contributed by atoms with Crippen LogP contribution < -0.4 is 9.47 Å². The minimum absolute atomic E-state index is 0.139. The third-order valence-electron chi connectivity index (χ3n) is 5.95. The molecule has 0 bridgehead atoms. The molecule has 0 radical (unpaired) electrons. The van der Waals surface area contributed by atoms with Gasteiger partial charge in [-0.2, -0.15) is 0 Å². The van der Waals surface area contributed by atoms with Crippen molar-refractivity contribution in [3.63, 3.8) is 0 Å². The van der Waals surface area contributed by atoms with Gasteiger partial charge in [-0.05, 0) is 37.4 Å². The van der Waals surface area contributed by atoms with Crippen LogP contribution >= 0.6 is 0 Å².